The lowest BCUT2D eigenvalue weighted by Crippen LogP contribution is -2.50. The van der Waals surface area contributed by atoms with Crippen LogP contribution in [0.15, 0.2) is 42.5 Å². The highest BCUT2D eigenvalue weighted by Crippen LogP contribution is 2.20. The summed E-state index contributed by atoms with van der Waals surface area (Å²) >= 11 is 0. The van der Waals surface area contributed by atoms with Gasteiger partial charge >= 0.3 is 0 Å². The molecule has 2 amide bonds. The number of primary amides is 1. The van der Waals surface area contributed by atoms with Crippen LogP contribution in [0.2, 0.25) is 0 Å². The van der Waals surface area contributed by atoms with Crippen molar-refractivity contribution >= 4 is 17.6 Å². The van der Waals surface area contributed by atoms with Gasteiger partial charge in [-0.05, 0) is 49.8 Å². The third-order valence-corrected chi connectivity index (χ3v) is 6.20. The molecular weight excluding hydrogens is 388 g/mol. The maximum atomic E-state index is 12.7. The van der Waals surface area contributed by atoms with Crippen molar-refractivity contribution in [3.63, 3.8) is 0 Å². The zero-order valence-corrected chi connectivity index (χ0v) is 18.7. The number of hydrogen-bond donors (Lipinski definition) is 1. The van der Waals surface area contributed by atoms with Gasteiger partial charge in [-0.2, -0.15) is 0 Å². The van der Waals surface area contributed by atoms with Gasteiger partial charge in [-0.1, -0.05) is 44.2 Å². The fraction of sp³-hybridized carbons (Fsp3) is 0.480. The van der Waals surface area contributed by atoms with Crippen LogP contribution < -0.4 is 10.6 Å². The summed E-state index contributed by atoms with van der Waals surface area (Å²) in [6.07, 6.45) is 4.31. The van der Waals surface area contributed by atoms with E-state index in [-0.39, 0.29) is 11.8 Å². The van der Waals surface area contributed by atoms with Crippen molar-refractivity contribution in [2.45, 2.75) is 46.0 Å². The quantitative estimate of drug-likeness (QED) is 0.671. The second-order valence-electron chi connectivity index (χ2n) is 8.19. The molecule has 31 heavy (non-hydrogen) atoms. The van der Waals surface area contributed by atoms with Crippen LogP contribution in [0, 0.1) is 5.92 Å². The summed E-state index contributed by atoms with van der Waals surface area (Å²) in [6, 6.07) is 14.0. The van der Waals surface area contributed by atoms with Crippen molar-refractivity contribution in [1.82, 2.24) is 9.88 Å². The first-order valence-corrected chi connectivity index (χ1v) is 11.4. The molecule has 1 fully saturated rings. The average Bonchev–Trinajstić information content (AvgIpc) is 2.80. The lowest BCUT2D eigenvalue weighted by Gasteiger charge is -2.37. The van der Waals surface area contributed by atoms with Crippen molar-refractivity contribution in [1.29, 1.82) is 0 Å². The smallest absolute Gasteiger partial charge is 0.250 e. The maximum Gasteiger partial charge on any atom is 0.250 e. The normalized spacial score (nSPS) is 14.2. The number of aryl methyl sites for hydroxylation is 2. The molecule has 1 aliphatic heterocycles. The number of nitrogens with zero attached hydrogens (tertiary/aromatic N) is 3. The predicted octanol–water partition coefficient (Wildman–Crippen LogP) is 3.44. The number of benzene rings is 1. The minimum Gasteiger partial charge on any atom is -0.366 e. The van der Waals surface area contributed by atoms with Crippen molar-refractivity contribution in [3.05, 3.63) is 59.3 Å². The molecule has 2 N–H and O–H groups in total. The Morgan fingerprint density at radius 3 is 2.26 bits per heavy atom. The van der Waals surface area contributed by atoms with Crippen LogP contribution in [0.5, 0.6) is 0 Å². The molecule has 0 radical (unpaired) electrons. The highest BCUT2D eigenvalue weighted by Gasteiger charge is 2.26. The summed E-state index contributed by atoms with van der Waals surface area (Å²) in [5.74, 6) is 0.808. The van der Waals surface area contributed by atoms with Crippen molar-refractivity contribution in [2.24, 2.45) is 11.7 Å². The molecule has 0 saturated carbocycles. The minimum absolute atomic E-state index is 0.121. The van der Waals surface area contributed by atoms with Crippen LogP contribution in [-0.4, -0.2) is 47.9 Å². The fourth-order valence-corrected chi connectivity index (χ4v) is 4.24. The summed E-state index contributed by atoms with van der Waals surface area (Å²) in [7, 11) is 0. The Balaban J connectivity index is 1.65. The molecule has 1 aliphatic rings. The van der Waals surface area contributed by atoms with Gasteiger partial charge in [0.05, 0.1) is 11.3 Å². The zero-order valence-electron chi connectivity index (χ0n) is 18.7. The monoisotopic (exact) mass is 422 g/mol. The molecular formula is C25H34N4O2. The summed E-state index contributed by atoms with van der Waals surface area (Å²) < 4.78 is 0. The van der Waals surface area contributed by atoms with Gasteiger partial charge in [0.1, 0.15) is 5.82 Å². The standard InChI is InChI=1S/C25H34N4O2/c1-3-20(4-2)25(31)29-17-15-28(16-18-29)23-14-13-21(24(26)30)22(27-23)12-8-11-19-9-6-5-7-10-19/h5-7,9-10,13-14,20H,3-4,8,11-12,15-18H2,1-2H3,(H2,26,30). The molecule has 6 nitrogen and oxygen atoms in total. The third-order valence-electron chi connectivity index (χ3n) is 6.20. The first-order chi connectivity index (χ1) is 15.0. The second kappa shape index (κ2) is 10.9. The highest BCUT2D eigenvalue weighted by atomic mass is 16.2. The Bertz CT molecular complexity index is 872. The Morgan fingerprint density at radius 2 is 1.65 bits per heavy atom. The van der Waals surface area contributed by atoms with Gasteiger partial charge in [-0.25, -0.2) is 4.98 Å². The van der Waals surface area contributed by atoms with Crippen LogP contribution in [0.1, 0.15) is 54.7 Å². The molecule has 0 atom stereocenters. The number of rotatable bonds is 9. The van der Waals surface area contributed by atoms with Gasteiger partial charge < -0.3 is 15.5 Å². The Hall–Kier alpha value is -2.89. The van der Waals surface area contributed by atoms with Crippen LogP contribution in [0.25, 0.3) is 0 Å². The zero-order chi connectivity index (χ0) is 22.2. The largest absolute Gasteiger partial charge is 0.366 e. The molecule has 6 heteroatoms. The first kappa shape index (κ1) is 22.8. The van der Waals surface area contributed by atoms with E-state index in [0.29, 0.717) is 25.1 Å². The molecule has 1 saturated heterocycles. The van der Waals surface area contributed by atoms with Crippen LogP contribution in [0.3, 0.4) is 0 Å². The summed E-state index contributed by atoms with van der Waals surface area (Å²) in [5, 5.41) is 0. The topological polar surface area (TPSA) is 79.5 Å². The van der Waals surface area contributed by atoms with Crippen LogP contribution in [0.4, 0.5) is 5.82 Å². The number of carbonyl (C=O) groups is 2. The molecule has 0 spiro atoms. The molecule has 2 aromatic rings. The Kier molecular flexibility index (Phi) is 8.04. The van der Waals surface area contributed by atoms with Crippen LogP contribution >= 0.6 is 0 Å². The van der Waals surface area contributed by atoms with Gasteiger partial charge in [-0.15, -0.1) is 0 Å². The molecule has 3 rings (SSSR count). The number of piperazine rings is 1. The molecule has 166 valence electrons. The van der Waals surface area contributed by atoms with Gasteiger partial charge in [0, 0.05) is 32.1 Å². The number of aromatic nitrogens is 1. The molecule has 0 bridgehead atoms. The highest BCUT2D eigenvalue weighted by molar-refractivity contribution is 5.94. The Labute approximate surface area is 185 Å². The number of anilines is 1. The minimum atomic E-state index is -0.436. The van der Waals surface area contributed by atoms with E-state index in [2.05, 4.69) is 30.9 Å². The van der Waals surface area contributed by atoms with Crippen molar-refractivity contribution in [3.8, 4) is 0 Å². The number of hydrogen-bond acceptors (Lipinski definition) is 4. The number of amides is 2. The van der Waals surface area contributed by atoms with Crippen molar-refractivity contribution < 1.29 is 9.59 Å². The summed E-state index contributed by atoms with van der Waals surface area (Å²) in [6.45, 7) is 7.06. The van der Waals surface area contributed by atoms with E-state index in [1.165, 1.54) is 5.56 Å². The van der Waals surface area contributed by atoms with Gasteiger partial charge in [0.15, 0.2) is 0 Å². The van der Waals surface area contributed by atoms with Crippen molar-refractivity contribution in [2.75, 3.05) is 31.1 Å². The predicted molar refractivity (Wildman–Crippen MR) is 124 cm³/mol. The van der Waals surface area contributed by atoms with E-state index in [0.717, 1.165) is 50.3 Å². The van der Waals surface area contributed by atoms with E-state index in [1.54, 1.807) is 6.07 Å². The lowest BCUT2D eigenvalue weighted by molar-refractivity contribution is -0.136. The summed E-state index contributed by atoms with van der Waals surface area (Å²) in [4.78, 5) is 33.5. The Morgan fingerprint density at radius 1 is 0.968 bits per heavy atom. The third kappa shape index (κ3) is 5.84. The fourth-order valence-electron chi connectivity index (χ4n) is 4.24. The lowest BCUT2D eigenvalue weighted by atomic mass is 10.0. The number of nitrogens with two attached hydrogens (primary N) is 1. The van der Waals surface area contributed by atoms with E-state index >= 15 is 0 Å². The molecule has 2 heterocycles. The van der Waals surface area contributed by atoms with E-state index in [9.17, 15) is 9.59 Å². The molecule has 1 aromatic carbocycles. The van der Waals surface area contributed by atoms with Gasteiger partial charge in [0.2, 0.25) is 5.91 Å². The molecule has 0 unspecified atom stereocenters. The van der Waals surface area contributed by atoms with E-state index in [1.807, 2.05) is 29.2 Å². The van der Waals surface area contributed by atoms with Gasteiger partial charge in [-0.3, -0.25) is 9.59 Å². The molecule has 0 aliphatic carbocycles. The maximum absolute atomic E-state index is 12.7. The summed E-state index contributed by atoms with van der Waals surface area (Å²) in [5.41, 5.74) is 8.13. The van der Waals surface area contributed by atoms with E-state index < -0.39 is 5.91 Å². The number of carbonyl (C=O) groups excluding carboxylic acids is 2. The number of pyridine rings is 1. The van der Waals surface area contributed by atoms with Gasteiger partial charge in [0.25, 0.3) is 5.91 Å². The SMILES string of the molecule is CCC(CC)C(=O)N1CCN(c2ccc(C(N)=O)c(CCCc3ccccc3)n2)CC1. The molecule has 1 aromatic heterocycles. The second-order valence-corrected chi connectivity index (χ2v) is 8.19. The first-order valence-electron chi connectivity index (χ1n) is 11.4. The van der Waals surface area contributed by atoms with E-state index in [4.69, 9.17) is 10.7 Å². The average molecular weight is 423 g/mol. The van der Waals surface area contributed by atoms with Crippen LogP contribution in [-0.2, 0) is 17.6 Å².